The van der Waals surface area contributed by atoms with Crippen molar-refractivity contribution in [2.24, 2.45) is 5.92 Å². The van der Waals surface area contributed by atoms with Gasteiger partial charge in [-0.2, -0.15) is 0 Å². The van der Waals surface area contributed by atoms with Crippen LogP contribution in [0.25, 0.3) is 0 Å². The van der Waals surface area contributed by atoms with Crippen LogP contribution in [0.15, 0.2) is 40.8 Å². The van der Waals surface area contributed by atoms with Crippen molar-refractivity contribution in [3.8, 4) is 0 Å². The molecule has 3 aliphatic rings. The summed E-state index contributed by atoms with van der Waals surface area (Å²) in [6.45, 7) is 3.61. The largest absolute Gasteiger partial charge is 0.462 e. The molecule has 1 aromatic heterocycles. The van der Waals surface area contributed by atoms with Crippen molar-refractivity contribution in [3.05, 3.63) is 53.5 Å². The van der Waals surface area contributed by atoms with Gasteiger partial charge in [0.1, 0.15) is 11.5 Å². The summed E-state index contributed by atoms with van der Waals surface area (Å²) in [6, 6.07) is 11.8. The Balaban J connectivity index is 1.47. The Morgan fingerprint density at radius 2 is 2.00 bits per heavy atom. The minimum absolute atomic E-state index is 0.0394. The van der Waals surface area contributed by atoms with Crippen LogP contribution < -0.4 is 5.32 Å². The van der Waals surface area contributed by atoms with Crippen LogP contribution in [0.1, 0.15) is 60.1 Å². The van der Waals surface area contributed by atoms with E-state index in [4.69, 9.17) is 9.15 Å². The zero-order chi connectivity index (χ0) is 17.7. The van der Waals surface area contributed by atoms with Crippen LogP contribution in [-0.4, -0.2) is 30.1 Å². The number of anilines is 1. The van der Waals surface area contributed by atoms with Gasteiger partial charge < -0.3 is 19.4 Å². The highest BCUT2D eigenvalue weighted by Gasteiger charge is 2.40. The van der Waals surface area contributed by atoms with E-state index < -0.39 is 0 Å². The highest BCUT2D eigenvalue weighted by molar-refractivity contribution is 6.01. The predicted molar refractivity (Wildman–Crippen MR) is 98.0 cm³/mol. The molecule has 1 aromatic carbocycles. The molecule has 2 aromatic rings. The Morgan fingerprint density at radius 1 is 1.19 bits per heavy atom. The van der Waals surface area contributed by atoms with Crippen LogP contribution in [0.5, 0.6) is 0 Å². The van der Waals surface area contributed by atoms with Crippen molar-refractivity contribution in [1.29, 1.82) is 0 Å². The van der Waals surface area contributed by atoms with E-state index in [-0.39, 0.29) is 18.2 Å². The molecule has 4 atom stereocenters. The summed E-state index contributed by atoms with van der Waals surface area (Å²) >= 11 is 0. The fraction of sp³-hybridized carbons (Fsp3) is 0.476. The fourth-order valence-corrected chi connectivity index (χ4v) is 4.15. The normalized spacial score (nSPS) is 30.2. The van der Waals surface area contributed by atoms with Crippen molar-refractivity contribution in [2.75, 3.05) is 18.5 Å². The fourth-order valence-electron chi connectivity index (χ4n) is 4.15. The van der Waals surface area contributed by atoms with Crippen LogP contribution in [0.2, 0.25) is 0 Å². The molecule has 136 valence electrons. The second kappa shape index (κ2) is 6.16. The zero-order valence-corrected chi connectivity index (χ0v) is 15.0. The second-order valence-corrected chi connectivity index (χ2v) is 7.74. The topological polar surface area (TPSA) is 54.7 Å². The Bertz CT molecular complexity index is 824. The van der Waals surface area contributed by atoms with E-state index in [2.05, 4.69) is 18.3 Å². The SMILES string of the molecule is C[C@@H]1C[C@@H]1c1ccc([C@H]2Nc3ccccc3C(=O)N2C[C@H]2CCCO2)o1. The van der Waals surface area contributed by atoms with Gasteiger partial charge >= 0.3 is 0 Å². The van der Waals surface area contributed by atoms with E-state index in [1.165, 1.54) is 6.42 Å². The number of fused-ring (bicyclic) bond motifs is 1. The van der Waals surface area contributed by atoms with E-state index >= 15 is 0 Å². The van der Waals surface area contributed by atoms with Gasteiger partial charge in [-0.3, -0.25) is 4.79 Å². The average molecular weight is 352 g/mol. The van der Waals surface area contributed by atoms with Gasteiger partial charge in [0, 0.05) is 24.8 Å². The van der Waals surface area contributed by atoms with Gasteiger partial charge in [0.25, 0.3) is 5.91 Å². The molecular formula is C21H24N2O3. The maximum Gasteiger partial charge on any atom is 0.258 e. The molecule has 5 rings (SSSR count). The number of rotatable bonds is 4. The second-order valence-electron chi connectivity index (χ2n) is 7.74. The molecule has 1 amide bonds. The Kier molecular flexibility index (Phi) is 3.78. The smallest absolute Gasteiger partial charge is 0.258 e. The van der Waals surface area contributed by atoms with Gasteiger partial charge in [-0.25, -0.2) is 0 Å². The predicted octanol–water partition coefficient (Wildman–Crippen LogP) is 4.15. The van der Waals surface area contributed by atoms with E-state index in [0.29, 0.717) is 23.9 Å². The first-order chi connectivity index (χ1) is 12.7. The number of furan rings is 1. The summed E-state index contributed by atoms with van der Waals surface area (Å²) in [5.41, 5.74) is 1.58. The third-order valence-electron chi connectivity index (χ3n) is 5.84. The molecule has 26 heavy (non-hydrogen) atoms. The Hall–Kier alpha value is -2.27. The summed E-state index contributed by atoms with van der Waals surface area (Å²) in [7, 11) is 0. The number of hydrogen-bond donors (Lipinski definition) is 1. The molecule has 5 nitrogen and oxygen atoms in total. The van der Waals surface area contributed by atoms with Gasteiger partial charge in [0.05, 0.1) is 11.7 Å². The Labute approximate surface area is 153 Å². The molecule has 2 fully saturated rings. The number of nitrogens with one attached hydrogen (secondary N) is 1. The number of amides is 1. The van der Waals surface area contributed by atoms with Crippen LogP contribution in [0, 0.1) is 5.92 Å². The van der Waals surface area contributed by atoms with E-state index in [0.717, 1.165) is 36.7 Å². The molecule has 0 bridgehead atoms. The first kappa shape index (κ1) is 15.9. The molecule has 1 aliphatic carbocycles. The maximum absolute atomic E-state index is 13.2. The molecule has 1 N–H and O–H groups in total. The molecule has 0 radical (unpaired) electrons. The summed E-state index contributed by atoms with van der Waals surface area (Å²) in [6.07, 6.45) is 3.06. The summed E-state index contributed by atoms with van der Waals surface area (Å²) in [5.74, 6) is 3.11. The average Bonchev–Trinajstić information content (AvgIpc) is 3.08. The van der Waals surface area contributed by atoms with Crippen molar-refractivity contribution < 1.29 is 13.9 Å². The van der Waals surface area contributed by atoms with Gasteiger partial charge in [0.15, 0.2) is 6.17 Å². The standard InChI is InChI=1S/C21H24N2O3/c1-13-11-16(13)18-8-9-19(26-18)20-22-17-7-3-2-6-15(17)21(24)23(20)12-14-5-4-10-25-14/h2-3,6-9,13-14,16,20,22H,4-5,10-12H2,1H3/t13-,14-,16+,20+/m1/s1. The summed E-state index contributed by atoms with van der Waals surface area (Å²) in [4.78, 5) is 15.1. The molecule has 2 aliphatic heterocycles. The quantitative estimate of drug-likeness (QED) is 0.898. The molecule has 5 heteroatoms. The van der Waals surface area contributed by atoms with Crippen molar-refractivity contribution in [3.63, 3.8) is 0 Å². The van der Waals surface area contributed by atoms with E-state index in [1.807, 2.05) is 35.2 Å². The van der Waals surface area contributed by atoms with Crippen molar-refractivity contribution >= 4 is 11.6 Å². The number of para-hydroxylation sites is 1. The van der Waals surface area contributed by atoms with Crippen molar-refractivity contribution in [1.82, 2.24) is 4.90 Å². The first-order valence-corrected chi connectivity index (χ1v) is 9.58. The lowest BCUT2D eigenvalue weighted by molar-refractivity contribution is 0.0401. The molecule has 0 unspecified atom stereocenters. The molecule has 1 saturated heterocycles. The molecule has 0 spiro atoms. The van der Waals surface area contributed by atoms with Crippen molar-refractivity contribution in [2.45, 2.75) is 44.4 Å². The van der Waals surface area contributed by atoms with E-state index in [1.54, 1.807) is 0 Å². The zero-order valence-electron chi connectivity index (χ0n) is 15.0. The number of carbonyl (C=O) groups is 1. The highest BCUT2D eigenvalue weighted by Crippen LogP contribution is 2.48. The molecule has 3 heterocycles. The van der Waals surface area contributed by atoms with Crippen LogP contribution in [0.3, 0.4) is 0 Å². The van der Waals surface area contributed by atoms with Gasteiger partial charge in [0.2, 0.25) is 0 Å². The number of ether oxygens (including phenoxy) is 1. The highest BCUT2D eigenvalue weighted by atomic mass is 16.5. The van der Waals surface area contributed by atoms with Gasteiger partial charge in [-0.1, -0.05) is 19.1 Å². The van der Waals surface area contributed by atoms with Crippen LogP contribution >= 0.6 is 0 Å². The first-order valence-electron chi connectivity index (χ1n) is 9.58. The van der Waals surface area contributed by atoms with E-state index in [9.17, 15) is 4.79 Å². The van der Waals surface area contributed by atoms with Crippen LogP contribution in [-0.2, 0) is 4.74 Å². The minimum atomic E-state index is -0.288. The lowest BCUT2D eigenvalue weighted by Crippen LogP contribution is -2.46. The summed E-state index contributed by atoms with van der Waals surface area (Å²) in [5, 5.41) is 3.51. The third-order valence-corrected chi connectivity index (χ3v) is 5.84. The molecular weight excluding hydrogens is 328 g/mol. The monoisotopic (exact) mass is 352 g/mol. The Morgan fingerprint density at radius 3 is 2.77 bits per heavy atom. The third kappa shape index (κ3) is 2.71. The number of benzene rings is 1. The van der Waals surface area contributed by atoms with Gasteiger partial charge in [-0.15, -0.1) is 0 Å². The number of nitrogens with zero attached hydrogens (tertiary/aromatic N) is 1. The minimum Gasteiger partial charge on any atom is -0.462 e. The summed E-state index contributed by atoms with van der Waals surface area (Å²) < 4.78 is 12.0. The lowest BCUT2D eigenvalue weighted by Gasteiger charge is -2.37. The van der Waals surface area contributed by atoms with Gasteiger partial charge in [-0.05, 0) is 49.4 Å². The van der Waals surface area contributed by atoms with Crippen LogP contribution in [0.4, 0.5) is 5.69 Å². The molecule has 1 saturated carbocycles. The maximum atomic E-state index is 13.2. The number of hydrogen-bond acceptors (Lipinski definition) is 4. The number of carbonyl (C=O) groups excluding carboxylic acids is 1. The lowest BCUT2D eigenvalue weighted by atomic mass is 10.1.